The van der Waals surface area contributed by atoms with Crippen LogP contribution in [0.1, 0.15) is 53.3 Å². The summed E-state index contributed by atoms with van der Waals surface area (Å²) in [6.07, 6.45) is 4.45. The number of fused-ring (bicyclic) bond motifs is 2. The molecule has 1 aromatic heterocycles. The topological polar surface area (TPSA) is 153 Å². The van der Waals surface area contributed by atoms with Gasteiger partial charge in [-0.3, -0.25) is 30.3 Å². The zero-order chi connectivity index (χ0) is 29.1. The molecule has 6 rings (SSSR count). The fraction of sp³-hybridized carbons (Fsp3) is 0.433. The van der Waals surface area contributed by atoms with Gasteiger partial charge in [-0.25, -0.2) is 4.98 Å². The Morgan fingerprint density at radius 2 is 1.95 bits per heavy atom. The molecule has 42 heavy (non-hydrogen) atoms. The molecule has 1 saturated carbocycles. The highest BCUT2D eigenvalue weighted by molar-refractivity contribution is 6.02. The van der Waals surface area contributed by atoms with Crippen LogP contribution in [0, 0.1) is 5.92 Å². The maximum atomic E-state index is 13.3. The number of hydrogen-bond acceptors (Lipinski definition) is 8. The Morgan fingerprint density at radius 1 is 1.10 bits per heavy atom. The van der Waals surface area contributed by atoms with Crippen LogP contribution in [0.2, 0.25) is 0 Å². The molecule has 3 unspecified atom stereocenters. The number of benzene rings is 2. The van der Waals surface area contributed by atoms with Crippen LogP contribution in [-0.4, -0.2) is 71.2 Å². The van der Waals surface area contributed by atoms with E-state index >= 15 is 0 Å². The maximum absolute atomic E-state index is 13.3. The molecule has 1 aliphatic carbocycles. The van der Waals surface area contributed by atoms with Crippen molar-refractivity contribution in [3.63, 3.8) is 0 Å². The van der Waals surface area contributed by atoms with E-state index in [0.29, 0.717) is 48.5 Å². The zero-order valence-corrected chi connectivity index (χ0v) is 23.6. The van der Waals surface area contributed by atoms with Crippen LogP contribution < -0.4 is 31.1 Å². The van der Waals surface area contributed by atoms with Gasteiger partial charge in [0.1, 0.15) is 24.2 Å². The average molecular weight is 573 g/mol. The molecule has 4 atom stereocenters. The third kappa shape index (κ3) is 6.29. The predicted octanol–water partition coefficient (Wildman–Crippen LogP) is 1.24. The SMILES string of the molecule is CN1C(=O)[C@@H](NC(=O)c2n[nH]c(Cc3ccccc3)n2)COc2ccc(CCC(=O)NC3CCC4CNNC4C3)cc21. The van der Waals surface area contributed by atoms with Gasteiger partial charge in [0, 0.05) is 38.5 Å². The summed E-state index contributed by atoms with van der Waals surface area (Å²) >= 11 is 0. The molecule has 3 heterocycles. The van der Waals surface area contributed by atoms with Crippen LogP contribution in [0.25, 0.3) is 0 Å². The number of rotatable bonds is 8. The van der Waals surface area contributed by atoms with E-state index in [2.05, 4.69) is 36.7 Å². The Bertz CT molecular complexity index is 1440. The highest BCUT2D eigenvalue weighted by atomic mass is 16.5. The van der Waals surface area contributed by atoms with E-state index in [4.69, 9.17) is 4.74 Å². The number of carbonyl (C=O) groups excluding carboxylic acids is 3. The van der Waals surface area contributed by atoms with E-state index in [1.165, 1.54) is 4.90 Å². The van der Waals surface area contributed by atoms with Crippen LogP contribution in [0.15, 0.2) is 48.5 Å². The number of H-pyrrole nitrogens is 1. The van der Waals surface area contributed by atoms with Crippen LogP contribution in [-0.2, 0) is 22.4 Å². The lowest BCUT2D eigenvalue weighted by atomic mass is 9.83. The molecule has 2 aliphatic heterocycles. The van der Waals surface area contributed by atoms with Gasteiger partial charge < -0.3 is 20.3 Å². The number of carbonyl (C=O) groups is 3. The van der Waals surface area contributed by atoms with E-state index in [1.54, 1.807) is 7.05 Å². The first-order chi connectivity index (χ1) is 20.4. The number of nitrogens with zero attached hydrogens (tertiary/aromatic N) is 3. The van der Waals surface area contributed by atoms with Gasteiger partial charge in [-0.15, -0.1) is 5.10 Å². The second kappa shape index (κ2) is 12.3. The number of aryl methyl sites for hydroxylation is 1. The predicted molar refractivity (Wildman–Crippen MR) is 155 cm³/mol. The van der Waals surface area contributed by atoms with Crippen molar-refractivity contribution < 1.29 is 19.1 Å². The lowest BCUT2D eigenvalue weighted by molar-refractivity contribution is -0.122. The van der Waals surface area contributed by atoms with E-state index < -0.39 is 11.9 Å². The van der Waals surface area contributed by atoms with Gasteiger partial charge in [0.2, 0.25) is 11.7 Å². The minimum atomic E-state index is -0.917. The smallest absolute Gasteiger partial charge is 0.291 e. The number of likely N-dealkylation sites (N-methyl/N-ethyl adjacent to an activating group) is 1. The molecule has 12 heteroatoms. The fourth-order valence-electron chi connectivity index (χ4n) is 5.96. The third-order valence-corrected chi connectivity index (χ3v) is 8.32. The highest BCUT2D eigenvalue weighted by Crippen LogP contribution is 2.32. The second-order valence-electron chi connectivity index (χ2n) is 11.3. The molecule has 3 aliphatic rings. The maximum Gasteiger partial charge on any atom is 0.291 e. The summed E-state index contributed by atoms with van der Waals surface area (Å²) in [4.78, 5) is 44.7. The number of anilines is 1. The van der Waals surface area contributed by atoms with Gasteiger partial charge in [-0.2, -0.15) is 0 Å². The first-order valence-electron chi connectivity index (χ1n) is 14.5. The molecule has 3 amide bonds. The Kier molecular flexibility index (Phi) is 8.15. The van der Waals surface area contributed by atoms with Crippen molar-refractivity contribution in [3.05, 3.63) is 71.3 Å². The molecule has 2 aromatic carbocycles. The quantitative estimate of drug-likeness (QED) is 0.270. The molecule has 2 fully saturated rings. The monoisotopic (exact) mass is 572 g/mol. The fourth-order valence-corrected chi connectivity index (χ4v) is 5.96. The number of aromatic amines is 1. The summed E-state index contributed by atoms with van der Waals surface area (Å²) in [6, 6.07) is 15.0. The summed E-state index contributed by atoms with van der Waals surface area (Å²) in [6.45, 7) is 0.966. The number of hydrazine groups is 1. The normalized spacial score (nSPS) is 23.4. The summed E-state index contributed by atoms with van der Waals surface area (Å²) in [5.41, 5.74) is 9.09. The molecule has 0 radical (unpaired) electrons. The Hall–Kier alpha value is -4.29. The summed E-state index contributed by atoms with van der Waals surface area (Å²) in [5, 5.41) is 12.7. The summed E-state index contributed by atoms with van der Waals surface area (Å²) < 4.78 is 5.92. The molecule has 0 spiro atoms. The minimum Gasteiger partial charge on any atom is -0.489 e. The van der Waals surface area contributed by atoms with Gasteiger partial charge in [0.05, 0.1) is 5.69 Å². The van der Waals surface area contributed by atoms with Gasteiger partial charge in [0.25, 0.3) is 11.8 Å². The lowest BCUT2D eigenvalue weighted by Crippen LogP contribution is -2.49. The van der Waals surface area contributed by atoms with Crippen molar-refractivity contribution in [1.82, 2.24) is 36.7 Å². The molecule has 5 N–H and O–H groups in total. The largest absolute Gasteiger partial charge is 0.489 e. The molecule has 3 aromatic rings. The van der Waals surface area contributed by atoms with Crippen molar-refractivity contribution in [2.75, 3.05) is 25.1 Å². The second-order valence-corrected chi connectivity index (χ2v) is 11.3. The van der Waals surface area contributed by atoms with E-state index in [-0.39, 0.29) is 30.3 Å². The van der Waals surface area contributed by atoms with Gasteiger partial charge in [-0.05, 0) is 54.9 Å². The third-order valence-electron chi connectivity index (χ3n) is 8.32. The van der Waals surface area contributed by atoms with Gasteiger partial charge >= 0.3 is 0 Å². The number of amides is 3. The van der Waals surface area contributed by atoms with Crippen molar-refractivity contribution in [1.29, 1.82) is 0 Å². The average Bonchev–Trinajstić information content (AvgIpc) is 3.65. The molecular formula is C30H36N8O4. The van der Waals surface area contributed by atoms with Crippen molar-refractivity contribution in [3.8, 4) is 5.75 Å². The van der Waals surface area contributed by atoms with Crippen molar-refractivity contribution in [2.24, 2.45) is 5.92 Å². The number of aromatic nitrogens is 3. The van der Waals surface area contributed by atoms with Gasteiger partial charge in [-0.1, -0.05) is 36.4 Å². The minimum absolute atomic E-state index is 0.0292. The molecule has 1 saturated heterocycles. The van der Waals surface area contributed by atoms with Gasteiger partial charge in [0.15, 0.2) is 0 Å². The van der Waals surface area contributed by atoms with Crippen LogP contribution >= 0.6 is 0 Å². The first-order valence-corrected chi connectivity index (χ1v) is 14.5. The molecular weight excluding hydrogens is 536 g/mol. The Balaban J connectivity index is 1.03. The standard InChI is InChI=1S/C30H36N8O4/c1-38-24-13-19(8-12-27(39)32-21-10-9-20-16-31-35-22(20)15-21)7-11-25(24)42-17-23(30(38)41)33-29(40)28-34-26(36-37-28)14-18-5-3-2-4-6-18/h2-7,11,13,20-23,31,35H,8-10,12,14-17H2,1H3,(H,32,39)(H,33,40)(H,34,36,37)/t20?,21?,22?,23-/m0/s1. The van der Waals surface area contributed by atoms with E-state index in [1.807, 2.05) is 48.5 Å². The number of ether oxygens (including phenoxy) is 1. The zero-order valence-electron chi connectivity index (χ0n) is 23.6. The van der Waals surface area contributed by atoms with Crippen LogP contribution in [0.4, 0.5) is 5.69 Å². The molecule has 220 valence electrons. The molecule has 12 nitrogen and oxygen atoms in total. The van der Waals surface area contributed by atoms with E-state index in [0.717, 1.165) is 36.9 Å². The summed E-state index contributed by atoms with van der Waals surface area (Å²) in [7, 11) is 1.65. The van der Waals surface area contributed by atoms with Crippen molar-refractivity contribution >= 4 is 23.4 Å². The van der Waals surface area contributed by atoms with Crippen LogP contribution in [0.3, 0.4) is 0 Å². The van der Waals surface area contributed by atoms with Crippen LogP contribution in [0.5, 0.6) is 5.75 Å². The summed E-state index contributed by atoms with van der Waals surface area (Å²) in [5.74, 6) is 0.843. The lowest BCUT2D eigenvalue weighted by Gasteiger charge is -2.31. The van der Waals surface area contributed by atoms with E-state index in [9.17, 15) is 14.4 Å². The number of hydrogen-bond donors (Lipinski definition) is 5. The highest BCUT2D eigenvalue weighted by Gasteiger charge is 2.34. The molecule has 0 bridgehead atoms. The number of nitrogens with one attached hydrogen (secondary N) is 5. The Labute approximate surface area is 244 Å². The Morgan fingerprint density at radius 3 is 2.81 bits per heavy atom. The first kappa shape index (κ1) is 27.9. The van der Waals surface area contributed by atoms with Crippen molar-refractivity contribution in [2.45, 2.75) is 56.7 Å².